The lowest BCUT2D eigenvalue weighted by Gasteiger charge is -2.57. The number of carbonyl (C=O) groups is 2. The van der Waals surface area contributed by atoms with Crippen LogP contribution in [0.4, 0.5) is 0 Å². The third-order valence-electron chi connectivity index (χ3n) is 6.26. The van der Waals surface area contributed by atoms with Crippen LogP contribution in [0.15, 0.2) is 23.4 Å². The van der Waals surface area contributed by atoms with Gasteiger partial charge in [0.25, 0.3) is 0 Å². The van der Waals surface area contributed by atoms with E-state index in [4.69, 9.17) is 4.74 Å². The Hall–Kier alpha value is -1.62. The van der Waals surface area contributed by atoms with E-state index in [2.05, 4.69) is 23.6 Å². The Bertz CT molecular complexity index is 639. The van der Waals surface area contributed by atoms with Gasteiger partial charge >= 0.3 is 5.97 Å². The van der Waals surface area contributed by atoms with Gasteiger partial charge < -0.3 is 15.4 Å². The molecule has 2 aliphatic carbocycles. The minimum absolute atomic E-state index is 0.0850. The Morgan fingerprint density at radius 1 is 1.46 bits per heavy atom. The minimum atomic E-state index is -0.416. The summed E-state index contributed by atoms with van der Waals surface area (Å²) in [7, 11) is 0. The summed E-state index contributed by atoms with van der Waals surface area (Å²) in [5, 5.41) is 7.14. The molecule has 2 fully saturated rings. The van der Waals surface area contributed by atoms with Crippen molar-refractivity contribution in [3.05, 3.63) is 23.4 Å². The lowest BCUT2D eigenvalue weighted by Crippen LogP contribution is -2.66. The molecule has 24 heavy (non-hydrogen) atoms. The molecule has 2 heterocycles. The average Bonchev–Trinajstić information content (AvgIpc) is 2.59. The Labute approximate surface area is 142 Å². The van der Waals surface area contributed by atoms with E-state index in [0.29, 0.717) is 18.1 Å². The van der Waals surface area contributed by atoms with Crippen LogP contribution in [-0.4, -0.2) is 30.1 Å². The highest BCUT2D eigenvalue weighted by atomic mass is 16.6. The van der Waals surface area contributed by atoms with Gasteiger partial charge in [0.2, 0.25) is 0 Å². The lowest BCUT2D eigenvalue weighted by molar-refractivity contribution is -0.148. The highest BCUT2D eigenvalue weighted by Crippen LogP contribution is 2.53. The maximum absolute atomic E-state index is 12.8. The molecule has 130 valence electrons. The van der Waals surface area contributed by atoms with Gasteiger partial charge in [-0.15, -0.1) is 0 Å². The maximum Gasteiger partial charge on any atom is 0.307 e. The van der Waals surface area contributed by atoms with E-state index in [-0.39, 0.29) is 23.3 Å². The van der Waals surface area contributed by atoms with Crippen molar-refractivity contribution in [1.29, 1.82) is 0 Å². The highest BCUT2D eigenvalue weighted by Gasteiger charge is 2.57. The van der Waals surface area contributed by atoms with Crippen molar-refractivity contribution in [2.24, 2.45) is 17.8 Å². The molecule has 5 nitrogen and oxygen atoms in total. The van der Waals surface area contributed by atoms with Crippen molar-refractivity contribution in [3.63, 3.8) is 0 Å². The van der Waals surface area contributed by atoms with Gasteiger partial charge in [0, 0.05) is 29.5 Å². The van der Waals surface area contributed by atoms with Gasteiger partial charge in [-0.25, -0.2) is 0 Å². The smallest absolute Gasteiger partial charge is 0.307 e. The number of nitrogens with one attached hydrogen (secondary N) is 2. The van der Waals surface area contributed by atoms with Crippen molar-refractivity contribution < 1.29 is 14.3 Å². The topological polar surface area (TPSA) is 67.4 Å². The standard InChI is InChI=1S/C19H26N2O3/c1-3-17(22)24-16-7-6-14-15(21-16)9-12-13-5-4-8-20-19(13,14)10-11(2)18(12)23/h6-7,11-13,16,20-21H,3-5,8-10H2,1-2H3. The first-order valence-electron chi connectivity index (χ1n) is 9.21. The van der Waals surface area contributed by atoms with Crippen molar-refractivity contribution in [3.8, 4) is 0 Å². The molecule has 1 saturated carbocycles. The van der Waals surface area contributed by atoms with Gasteiger partial charge in [-0.3, -0.25) is 9.59 Å². The normalized spacial score (nSPS) is 40.5. The maximum atomic E-state index is 12.8. The molecule has 4 rings (SSSR count). The predicted molar refractivity (Wildman–Crippen MR) is 89.8 cm³/mol. The van der Waals surface area contributed by atoms with Gasteiger partial charge in [-0.05, 0) is 49.8 Å². The zero-order valence-electron chi connectivity index (χ0n) is 14.4. The Kier molecular flexibility index (Phi) is 3.79. The monoisotopic (exact) mass is 330 g/mol. The second-order valence-corrected chi connectivity index (χ2v) is 7.62. The van der Waals surface area contributed by atoms with Crippen LogP contribution in [0.3, 0.4) is 0 Å². The molecule has 2 bridgehead atoms. The number of piperidine rings is 1. The number of ether oxygens (including phenoxy) is 1. The number of dihydropyridines is 1. The lowest BCUT2D eigenvalue weighted by atomic mass is 9.53. The number of allylic oxidation sites excluding steroid dienone is 1. The van der Waals surface area contributed by atoms with Gasteiger partial charge in [0.1, 0.15) is 5.78 Å². The SMILES string of the molecule is CCC(=O)OC1C=CC2=C(CC3C(=O)C(C)CC24NCCCC34)N1. The first-order valence-corrected chi connectivity index (χ1v) is 9.21. The minimum Gasteiger partial charge on any atom is -0.438 e. The number of esters is 1. The number of Topliss-reactive ketones (excluding diaryl/α,β-unsaturated/α-hetero) is 1. The van der Waals surface area contributed by atoms with Crippen molar-refractivity contribution >= 4 is 11.8 Å². The van der Waals surface area contributed by atoms with E-state index < -0.39 is 6.23 Å². The second-order valence-electron chi connectivity index (χ2n) is 7.62. The van der Waals surface area contributed by atoms with Crippen LogP contribution in [0.5, 0.6) is 0 Å². The third-order valence-corrected chi connectivity index (χ3v) is 6.26. The van der Waals surface area contributed by atoms with E-state index in [1.54, 1.807) is 6.92 Å². The zero-order valence-corrected chi connectivity index (χ0v) is 14.4. The van der Waals surface area contributed by atoms with Crippen molar-refractivity contribution in [2.45, 2.75) is 57.7 Å². The number of ketones is 1. The van der Waals surface area contributed by atoms with Crippen molar-refractivity contribution in [2.75, 3.05) is 6.54 Å². The van der Waals surface area contributed by atoms with Gasteiger partial charge in [0.15, 0.2) is 6.23 Å². The summed E-state index contributed by atoms with van der Waals surface area (Å²) in [6.07, 6.45) is 7.90. The molecule has 0 aromatic carbocycles. The molecule has 2 aliphatic heterocycles. The molecule has 1 saturated heterocycles. The summed E-state index contributed by atoms with van der Waals surface area (Å²) >= 11 is 0. The summed E-state index contributed by atoms with van der Waals surface area (Å²) in [4.78, 5) is 24.4. The molecule has 5 heteroatoms. The molecule has 0 radical (unpaired) electrons. The number of hydrogen-bond donors (Lipinski definition) is 2. The Balaban J connectivity index is 1.68. The van der Waals surface area contributed by atoms with E-state index >= 15 is 0 Å². The summed E-state index contributed by atoms with van der Waals surface area (Å²) in [5.41, 5.74) is 2.28. The first-order chi connectivity index (χ1) is 11.5. The quantitative estimate of drug-likeness (QED) is 0.759. The molecule has 5 unspecified atom stereocenters. The third kappa shape index (κ3) is 2.25. The molecule has 0 aromatic heterocycles. The molecular formula is C19H26N2O3. The summed E-state index contributed by atoms with van der Waals surface area (Å²) in [6, 6.07) is 0. The largest absolute Gasteiger partial charge is 0.438 e. The molecule has 4 aliphatic rings. The van der Waals surface area contributed by atoms with Crippen LogP contribution in [0.1, 0.15) is 46.0 Å². The summed E-state index contributed by atoms with van der Waals surface area (Å²) in [5.74, 6) is 0.782. The van der Waals surface area contributed by atoms with Crippen LogP contribution in [0.25, 0.3) is 0 Å². The van der Waals surface area contributed by atoms with E-state index in [9.17, 15) is 9.59 Å². The van der Waals surface area contributed by atoms with Crippen LogP contribution < -0.4 is 10.6 Å². The zero-order chi connectivity index (χ0) is 16.9. The fourth-order valence-electron chi connectivity index (χ4n) is 5.26. The molecule has 0 amide bonds. The Morgan fingerprint density at radius 3 is 3.08 bits per heavy atom. The average molecular weight is 330 g/mol. The fourth-order valence-corrected chi connectivity index (χ4v) is 5.26. The van der Waals surface area contributed by atoms with Crippen LogP contribution in [-0.2, 0) is 14.3 Å². The molecule has 5 atom stereocenters. The molecule has 2 N–H and O–H groups in total. The molecular weight excluding hydrogens is 304 g/mol. The number of rotatable bonds is 2. The molecule has 0 aromatic rings. The Morgan fingerprint density at radius 2 is 2.29 bits per heavy atom. The predicted octanol–water partition coefficient (Wildman–Crippen LogP) is 2.05. The van der Waals surface area contributed by atoms with Gasteiger partial charge in [0.05, 0.1) is 0 Å². The van der Waals surface area contributed by atoms with E-state index in [1.165, 1.54) is 5.57 Å². The summed E-state index contributed by atoms with van der Waals surface area (Å²) < 4.78 is 5.42. The number of hydrogen-bond acceptors (Lipinski definition) is 5. The molecule has 0 spiro atoms. The second kappa shape index (κ2) is 5.73. The van der Waals surface area contributed by atoms with Gasteiger partial charge in [-0.1, -0.05) is 19.9 Å². The van der Waals surface area contributed by atoms with Crippen LogP contribution >= 0.6 is 0 Å². The van der Waals surface area contributed by atoms with E-state index in [0.717, 1.165) is 37.9 Å². The van der Waals surface area contributed by atoms with Crippen molar-refractivity contribution in [1.82, 2.24) is 10.6 Å². The highest BCUT2D eigenvalue weighted by molar-refractivity contribution is 5.86. The van der Waals surface area contributed by atoms with E-state index in [1.807, 2.05) is 6.08 Å². The van der Waals surface area contributed by atoms with Gasteiger partial charge in [-0.2, -0.15) is 0 Å². The fraction of sp³-hybridized carbons (Fsp3) is 0.684. The number of carbonyl (C=O) groups excluding carboxylic acids is 2. The first kappa shape index (κ1) is 15.9. The van der Waals surface area contributed by atoms with Crippen LogP contribution in [0, 0.1) is 17.8 Å². The van der Waals surface area contributed by atoms with Crippen LogP contribution in [0.2, 0.25) is 0 Å². The summed E-state index contributed by atoms with van der Waals surface area (Å²) in [6.45, 7) is 4.87.